The number of esters is 3. The third kappa shape index (κ3) is 61.6. The van der Waals surface area contributed by atoms with E-state index in [0.717, 1.165) is 96.3 Å². The topological polar surface area (TPSA) is 78.9 Å². The van der Waals surface area contributed by atoms with Crippen LogP contribution in [0.1, 0.15) is 329 Å². The van der Waals surface area contributed by atoms with Crippen LogP contribution in [-0.4, -0.2) is 37.2 Å². The van der Waals surface area contributed by atoms with Gasteiger partial charge >= 0.3 is 17.9 Å². The van der Waals surface area contributed by atoms with Gasteiger partial charge in [-0.15, -0.1) is 0 Å². The fourth-order valence-electron chi connectivity index (χ4n) is 9.35. The van der Waals surface area contributed by atoms with E-state index in [2.05, 4.69) is 93.7 Å². The van der Waals surface area contributed by atoms with Crippen molar-refractivity contribution < 1.29 is 28.6 Å². The highest BCUT2D eigenvalue weighted by Crippen LogP contribution is 2.17. The smallest absolute Gasteiger partial charge is 0.306 e. The molecular weight excluding hydrogens is 925 g/mol. The zero-order chi connectivity index (χ0) is 54.3. The second kappa shape index (κ2) is 63.4. The van der Waals surface area contributed by atoms with Gasteiger partial charge in [0, 0.05) is 19.3 Å². The van der Waals surface area contributed by atoms with Crippen LogP contribution in [0.5, 0.6) is 0 Å². The fraction of sp³-hybridized carbons (Fsp3) is 0.783. The van der Waals surface area contributed by atoms with Crippen LogP contribution in [0.2, 0.25) is 0 Å². The van der Waals surface area contributed by atoms with Crippen LogP contribution in [-0.2, 0) is 28.6 Å². The summed E-state index contributed by atoms with van der Waals surface area (Å²) in [6, 6.07) is 0. The lowest BCUT2D eigenvalue weighted by molar-refractivity contribution is -0.167. The molecule has 0 saturated heterocycles. The summed E-state index contributed by atoms with van der Waals surface area (Å²) in [6.45, 7) is 6.56. The second-order valence-corrected chi connectivity index (χ2v) is 21.6. The third-order valence-corrected chi connectivity index (χ3v) is 14.2. The zero-order valence-electron chi connectivity index (χ0n) is 49.8. The Bertz CT molecular complexity index is 1390. The van der Waals surface area contributed by atoms with Crippen molar-refractivity contribution in [3.63, 3.8) is 0 Å². The maximum absolute atomic E-state index is 12.9. The number of rotatable bonds is 59. The van der Waals surface area contributed by atoms with E-state index in [4.69, 9.17) is 14.2 Å². The first-order valence-corrected chi connectivity index (χ1v) is 32.4. The minimum atomic E-state index is -0.779. The molecule has 0 bridgehead atoms. The van der Waals surface area contributed by atoms with Gasteiger partial charge in [0.05, 0.1) is 0 Å². The molecule has 0 rings (SSSR count). The summed E-state index contributed by atoms with van der Waals surface area (Å²) in [5, 5.41) is 0. The van der Waals surface area contributed by atoms with Gasteiger partial charge in [-0.05, 0) is 89.9 Å². The molecule has 0 aromatic heterocycles. The number of allylic oxidation sites excluding steroid dienone is 12. The van der Waals surface area contributed by atoms with Gasteiger partial charge in [0.25, 0.3) is 0 Å². The summed E-state index contributed by atoms with van der Waals surface area (Å²) >= 11 is 0. The average Bonchev–Trinajstić information content (AvgIpc) is 3.41. The summed E-state index contributed by atoms with van der Waals surface area (Å²) in [5.74, 6) is -0.870. The Morgan fingerprint density at radius 1 is 0.280 bits per heavy atom. The van der Waals surface area contributed by atoms with Gasteiger partial charge in [0.15, 0.2) is 6.10 Å². The quantitative estimate of drug-likeness (QED) is 0.0261. The first-order valence-electron chi connectivity index (χ1n) is 32.4. The molecule has 0 fully saturated rings. The highest BCUT2D eigenvalue weighted by atomic mass is 16.6. The van der Waals surface area contributed by atoms with Crippen molar-refractivity contribution in [1.82, 2.24) is 0 Å². The predicted molar refractivity (Wildman–Crippen MR) is 325 cm³/mol. The molecule has 0 aromatic rings. The minimum absolute atomic E-state index is 0.0754. The molecule has 434 valence electrons. The Labute approximate surface area is 465 Å². The Hall–Kier alpha value is -3.15. The summed E-state index contributed by atoms with van der Waals surface area (Å²) in [7, 11) is 0. The number of hydrogen-bond acceptors (Lipinski definition) is 6. The summed E-state index contributed by atoms with van der Waals surface area (Å²) in [4.78, 5) is 38.3. The fourth-order valence-corrected chi connectivity index (χ4v) is 9.35. The maximum Gasteiger partial charge on any atom is 0.306 e. The zero-order valence-corrected chi connectivity index (χ0v) is 49.8. The minimum Gasteiger partial charge on any atom is -0.462 e. The largest absolute Gasteiger partial charge is 0.462 e. The van der Waals surface area contributed by atoms with E-state index in [1.54, 1.807) is 0 Å². The van der Waals surface area contributed by atoms with Crippen LogP contribution in [0.4, 0.5) is 0 Å². The molecule has 1 unspecified atom stereocenters. The van der Waals surface area contributed by atoms with Gasteiger partial charge in [-0.2, -0.15) is 0 Å². The monoisotopic (exact) mass is 1050 g/mol. The van der Waals surface area contributed by atoms with E-state index >= 15 is 0 Å². The van der Waals surface area contributed by atoms with Gasteiger partial charge in [-0.1, -0.05) is 293 Å². The molecule has 0 aliphatic carbocycles. The van der Waals surface area contributed by atoms with Gasteiger partial charge in [0.1, 0.15) is 13.2 Å². The molecule has 6 nitrogen and oxygen atoms in total. The third-order valence-electron chi connectivity index (χ3n) is 14.2. The molecule has 0 saturated carbocycles. The number of carbonyl (C=O) groups is 3. The summed E-state index contributed by atoms with van der Waals surface area (Å²) < 4.78 is 16.9. The number of carbonyl (C=O) groups excluding carboxylic acids is 3. The molecule has 0 aliphatic heterocycles. The first-order chi connectivity index (χ1) is 37.0. The Morgan fingerprint density at radius 3 is 0.827 bits per heavy atom. The number of ether oxygens (including phenoxy) is 3. The van der Waals surface area contributed by atoms with Gasteiger partial charge < -0.3 is 14.2 Å². The van der Waals surface area contributed by atoms with Gasteiger partial charge in [-0.3, -0.25) is 14.4 Å². The highest BCUT2D eigenvalue weighted by molar-refractivity contribution is 5.71. The molecule has 0 heterocycles. The van der Waals surface area contributed by atoms with E-state index in [9.17, 15) is 14.4 Å². The molecule has 0 aliphatic rings. The summed E-state index contributed by atoms with van der Waals surface area (Å²) in [5.41, 5.74) is 0. The van der Waals surface area contributed by atoms with Crippen LogP contribution in [0.25, 0.3) is 0 Å². The van der Waals surface area contributed by atoms with Crippen molar-refractivity contribution in [2.45, 2.75) is 335 Å². The lowest BCUT2D eigenvalue weighted by Gasteiger charge is -2.18. The van der Waals surface area contributed by atoms with Crippen LogP contribution in [0.3, 0.4) is 0 Å². The normalized spacial score (nSPS) is 12.5. The Kier molecular flexibility index (Phi) is 60.7. The van der Waals surface area contributed by atoms with Crippen molar-refractivity contribution in [1.29, 1.82) is 0 Å². The summed E-state index contributed by atoms with van der Waals surface area (Å²) in [6.07, 6.45) is 81.9. The van der Waals surface area contributed by atoms with Crippen LogP contribution in [0.15, 0.2) is 72.9 Å². The van der Waals surface area contributed by atoms with E-state index in [-0.39, 0.29) is 31.1 Å². The predicted octanol–water partition coefficient (Wildman–Crippen LogP) is 22.1. The average molecular weight is 1050 g/mol. The maximum atomic E-state index is 12.9. The number of hydrogen-bond donors (Lipinski definition) is 0. The van der Waals surface area contributed by atoms with E-state index in [1.165, 1.54) is 193 Å². The highest BCUT2D eigenvalue weighted by Gasteiger charge is 2.19. The molecule has 6 heteroatoms. The van der Waals surface area contributed by atoms with Crippen LogP contribution in [0, 0.1) is 0 Å². The van der Waals surface area contributed by atoms with Crippen molar-refractivity contribution in [2.75, 3.05) is 13.2 Å². The van der Waals surface area contributed by atoms with E-state index in [1.807, 2.05) is 0 Å². The van der Waals surface area contributed by atoms with Crippen molar-refractivity contribution >= 4 is 17.9 Å². The molecular formula is C69H122O6. The van der Waals surface area contributed by atoms with Gasteiger partial charge in [0.2, 0.25) is 0 Å². The van der Waals surface area contributed by atoms with Crippen LogP contribution >= 0.6 is 0 Å². The lowest BCUT2D eigenvalue weighted by Crippen LogP contribution is -2.30. The lowest BCUT2D eigenvalue weighted by atomic mass is 10.0. The molecule has 0 amide bonds. The molecule has 0 aromatic carbocycles. The van der Waals surface area contributed by atoms with E-state index < -0.39 is 6.10 Å². The molecule has 0 spiro atoms. The Balaban J connectivity index is 4.28. The SMILES string of the molecule is CC/C=C\C/C=C\C/C=C\C/C=C\C/C=C\CCCCCCCCCCCCCC(=O)OCC(COC(=O)CCCCCCCCCCCCCCCC)OC(=O)CCCCCCC/C=C\CCCCCCCCC. The van der Waals surface area contributed by atoms with Crippen LogP contribution < -0.4 is 0 Å². The van der Waals surface area contributed by atoms with Crippen molar-refractivity contribution in [3.05, 3.63) is 72.9 Å². The van der Waals surface area contributed by atoms with Crippen molar-refractivity contribution in [3.8, 4) is 0 Å². The molecule has 0 N–H and O–H groups in total. The first kappa shape index (κ1) is 71.8. The van der Waals surface area contributed by atoms with Crippen molar-refractivity contribution in [2.24, 2.45) is 0 Å². The molecule has 1 atom stereocenters. The standard InChI is InChI=1S/C69H122O6/c1-4-7-10-13-16-19-22-25-28-30-31-32-33-34-35-36-37-38-39-40-42-44-47-50-53-56-59-62-68(71)74-65-66(64-73-67(70)61-58-55-52-49-46-43-27-24-21-18-15-12-9-6-3)75-69(72)63-60-57-54-51-48-45-41-29-26-23-20-17-14-11-8-5-2/h7,10,16,19,25,28-29,31-32,34-35,41,66H,4-6,8-9,11-15,17-18,20-24,26-27,30,33,36-40,42-65H2,1-3H3/b10-7-,19-16-,28-25-,32-31-,35-34-,41-29-. The molecule has 0 radical (unpaired) electrons. The Morgan fingerprint density at radius 2 is 0.520 bits per heavy atom. The second-order valence-electron chi connectivity index (χ2n) is 21.6. The number of unbranched alkanes of at least 4 members (excludes halogenated alkanes) is 36. The molecule has 75 heavy (non-hydrogen) atoms. The van der Waals surface area contributed by atoms with Gasteiger partial charge in [-0.25, -0.2) is 0 Å². The van der Waals surface area contributed by atoms with E-state index in [0.29, 0.717) is 19.3 Å².